The van der Waals surface area contributed by atoms with Crippen LogP contribution >= 0.6 is 11.8 Å². The van der Waals surface area contributed by atoms with Gasteiger partial charge in [0.1, 0.15) is 0 Å². The van der Waals surface area contributed by atoms with Crippen LogP contribution in [0.4, 0.5) is 11.4 Å². The Morgan fingerprint density at radius 3 is 2.63 bits per heavy atom. The average molecular weight is 278 g/mol. The third-order valence-electron chi connectivity index (χ3n) is 2.98. The van der Waals surface area contributed by atoms with E-state index in [1.54, 1.807) is 12.1 Å². The number of amides is 2. The molecule has 1 saturated heterocycles. The number of anilines is 2. The Labute approximate surface area is 117 Å². The van der Waals surface area contributed by atoms with Crippen LogP contribution < -0.4 is 10.6 Å². The Balaban J connectivity index is 1.97. The summed E-state index contributed by atoms with van der Waals surface area (Å²) < 4.78 is 0. The molecule has 0 spiro atoms. The molecule has 4 nitrogen and oxygen atoms in total. The summed E-state index contributed by atoms with van der Waals surface area (Å²) in [6.07, 6.45) is 2.07. The first kappa shape index (κ1) is 13.9. The van der Waals surface area contributed by atoms with Gasteiger partial charge in [-0.2, -0.15) is 11.8 Å². The van der Waals surface area contributed by atoms with Crippen molar-refractivity contribution in [1.82, 2.24) is 0 Å². The molecule has 1 fully saturated rings. The molecule has 102 valence electrons. The van der Waals surface area contributed by atoms with E-state index in [9.17, 15) is 9.59 Å². The summed E-state index contributed by atoms with van der Waals surface area (Å²) in [4.78, 5) is 23.1. The lowest BCUT2D eigenvalue weighted by Gasteiger charge is -2.20. The van der Waals surface area contributed by atoms with E-state index in [0.717, 1.165) is 30.0 Å². The number of benzene rings is 1. The van der Waals surface area contributed by atoms with E-state index in [0.29, 0.717) is 5.69 Å². The summed E-state index contributed by atoms with van der Waals surface area (Å²) in [5.74, 6) is 2.11. The summed E-state index contributed by atoms with van der Waals surface area (Å²) in [5, 5.41) is 5.63. The molecule has 2 amide bonds. The van der Waals surface area contributed by atoms with Crippen molar-refractivity contribution >= 4 is 35.0 Å². The van der Waals surface area contributed by atoms with Crippen LogP contribution in [0.5, 0.6) is 0 Å². The van der Waals surface area contributed by atoms with Crippen LogP contribution in [0.3, 0.4) is 0 Å². The molecule has 1 atom stereocenters. The van der Waals surface area contributed by atoms with Crippen molar-refractivity contribution < 1.29 is 9.59 Å². The first-order valence-corrected chi connectivity index (χ1v) is 7.57. The van der Waals surface area contributed by atoms with Crippen molar-refractivity contribution in [3.63, 3.8) is 0 Å². The number of hydrogen-bond acceptors (Lipinski definition) is 3. The van der Waals surface area contributed by atoms with Gasteiger partial charge in [-0.3, -0.25) is 9.59 Å². The van der Waals surface area contributed by atoms with Crippen molar-refractivity contribution in [3.05, 3.63) is 24.3 Å². The summed E-state index contributed by atoms with van der Waals surface area (Å²) >= 11 is 1.84. The van der Waals surface area contributed by atoms with Gasteiger partial charge < -0.3 is 10.6 Å². The maximum atomic E-state index is 12.1. The fourth-order valence-electron chi connectivity index (χ4n) is 2.07. The number of hydrogen-bond donors (Lipinski definition) is 2. The van der Waals surface area contributed by atoms with Crippen molar-refractivity contribution in [3.8, 4) is 0 Å². The molecular weight excluding hydrogens is 260 g/mol. The molecule has 0 radical (unpaired) electrons. The second-order valence-electron chi connectivity index (χ2n) is 4.67. The van der Waals surface area contributed by atoms with Crippen molar-refractivity contribution in [2.24, 2.45) is 5.92 Å². The lowest BCUT2D eigenvalue weighted by Crippen LogP contribution is -2.27. The van der Waals surface area contributed by atoms with E-state index in [-0.39, 0.29) is 17.7 Å². The molecule has 5 heteroatoms. The van der Waals surface area contributed by atoms with E-state index >= 15 is 0 Å². The topological polar surface area (TPSA) is 58.2 Å². The largest absolute Gasteiger partial charge is 0.326 e. The molecule has 1 unspecified atom stereocenters. The fraction of sp³-hybridized carbons (Fsp3) is 0.429. The van der Waals surface area contributed by atoms with Gasteiger partial charge in [-0.15, -0.1) is 0 Å². The van der Waals surface area contributed by atoms with Gasteiger partial charge in [0.2, 0.25) is 11.8 Å². The zero-order valence-corrected chi connectivity index (χ0v) is 11.8. The molecule has 0 bridgehead atoms. The van der Waals surface area contributed by atoms with E-state index in [2.05, 4.69) is 10.6 Å². The van der Waals surface area contributed by atoms with Crippen molar-refractivity contribution in [1.29, 1.82) is 0 Å². The standard InChI is InChI=1S/C14H18N2O2S/c1-10(17)15-12-5-2-6-13(8-12)16-14(18)11-4-3-7-19-9-11/h2,5-6,8,11H,3-4,7,9H2,1H3,(H,15,17)(H,16,18). The van der Waals surface area contributed by atoms with Crippen LogP contribution in [0, 0.1) is 5.92 Å². The summed E-state index contributed by atoms with van der Waals surface area (Å²) in [7, 11) is 0. The molecule has 1 heterocycles. The molecule has 1 aliphatic heterocycles. The van der Waals surface area contributed by atoms with Crippen molar-refractivity contribution in [2.45, 2.75) is 19.8 Å². The molecule has 2 N–H and O–H groups in total. The highest BCUT2D eigenvalue weighted by atomic mass is 32.2. The number of nitrogens with one attached hydrogen (secondary N) is 2. The molecule has 1 aromatic rings. The smallest absolute Gasteiger partial charge is 0.228 e. The van der Waals surface area contributed by atoms with E-state index < -0.39 is 0 Å². The lowest BCUT2D eigenvalue weighted by molar-refractivity contribution is -0.119. The summed E-state index contributed by atoms with van der Waals surface area (Å²) in [6.45, 7) is 1.46. The number of thioether (sulfide) groups is 1. The van der Waals surface area contributed by atoms with Gasteiger partial charge in [-0.25, -0.2) is 0 Å². The fourth-order valence-corrected chi connectivity index (χ4v) is 3.21. The van der Waals surface area contributed by atoms with Crippen LogP contribution in [0.25, 0.3) is 0 Å². The van der Waals surface area contributed by atoms with Crippen LogP contribution in [-0.4, -0.2) is 23.3 Å². The van der Waals surface area contributed by atoms with Gasteiger partial charge >= 0.3 is 0 Å². The van der Waals surface area contributed by atoms with E-state index in [1.165, 1.54) is 6.92 Å². The normalized spacial score (nSPS) is 18.7. The van der Waals surface area contributed by atoms with Crippen LogP contribution in [0.15, 0.2) is 24.3 Å². The first-order valence-electron chi connectivity index (χ1n) is 6.41. The second kappa shape index (κ2) is 6.61. The molecule has 0 aliphatic carbocycles. The maximum Gasteiger partial charge on any atom is 0.228 e. The highest BCUT2D eigenvalue weighted by Crippen LogP contribution is 2.24. The minimum absolute atomic E-state index is 0.0761. The Morgan fingerprint density at radius 2 is 2.00 bits per heavy atom. The molecule has 0 aromatic heterocycles. The maximum absolute atomic E-state index is 12.1. The van der Waals surface area contributed by atoms with Gasteiger partial charge in [0, 0.05) is 30.0 Å². The average Bonchev–Trinajstić information content (AvgIpc) is 2.39. The van der Waals surface area contributed by atoms with Gasteiger partial charge in [-0.05, 0) is 36.8 Å². The molecule has 1 aliphatic rings. The number of carbonyl (C=O) groups excluding carboxylic acids is 2. The van der Waals surface area contributed by atoms with Crippen LogP contribution in [0.1, 0.15) is 19.8 Å². The monoisotopic (exact) mass is 278 g/mol. The summed E-state index contributed by atoms with van der Waals surface area (Å²) in [6, 6.07) is 7.22. The molecular formula is C14H18N2O2S. The molecule has 1 aromatic carbocycles. The van der Waals surface area contributed by atoms with E-state index in [1.807, 2.05) is 23.9 Å². The second-order valence-corrected chi connectivity index (χ2v) is 5.82. The summed E-state index contributed by atoms with van der Waals surface area (Å²) in [5.41, 5.74) is 1.43. The number of carbonyl (C=O) groups is 2. The van der Waals surface area contributed by atoms with Gasteiger partial charge in [0.15, 0.2) is 0 Å². The van der Waals surface area contributed by atoms with E-state index in [4.69, 9.17) is 0 Å². The highest BCUT2D eigenvalue weighted by Gasteiger charge is 2.21. The van der Waals surface area contributed by atoms with Gasteiger partial charge in [0.25, 0.3) is 0 Å². The quantitative estimate of drug-likeness (QED) is 0.893. The predicted octanol–water partition coefficient (Wildman–Crippen LogP) is 2.73. The number of rotatable bonds is 3. The molecule has 0 saturated carbocycles. The molecule has 19 heavy (non-hydrogen) atoms. The van der Waals surface area contributed by atoms with Gasteiger partial charge in [0.05, 0.1) is 0 Å². The minimum Gasteiger partial charge on any atom is -0.326 e. The Hall–Kier alpha value is -1.49. The first-order chi connectivity index (χ1) is 9.15. The predicted molar refractivity (Wildman–Crippen MR) is 79.4 cm³/mol. The third-order valence-corrected chi connectivity index (χ3v) is 4.20. The minimum atomic E-state index is -0.118. The molecule has 2 rings (SSSR count). The zero-order valence-electron chi connectivity index (χ0n) is 10.9. The highest BCUT2D eigenvalue weighted by molar-refractivity contribution is 7.99. The van der Waals surface area contributed by atoms with Crippen molar-refractivity contribution in [2.75, 3.05) is 22.1 Å². The van der Waals surface area contributed by atoms with Crippen LogP contribution in [-0.2, 0) is 9.59 Å². The van der Waals surface area contributed by atoms with Crippen LogP contribution in [0.2, 0.25) is 0 Å². The van der Waals surface area contributed by atoms with Gasteiger partial charge in [-0.1, -0.05) is 6.07 Å². The Bertz CT molecular complexity index is 470. The Morgan fingerprint density at radius 1 is 1.26 bits per heavy atom. The third kappa shape index (κ3) is 4.28. The lowest BCUT2D eigenvalue weighted by atomic mass is 10.0. The Kier molecular flexibility index (Phi) is 4.85. The SMILES string of the molecule is CC(=O)Nc1cccc(NC(=O)C2CCCSC2)c1. The zero-order chi connectivity index (χ0) is 13.7.